The van der Waals surface area contributed by atoms with Crippen molar-refractivity contribution in [1.82, 2.24) is 4.90 Å². The van der Waals surface area contributed by atoms with Gasteiger partial charge in [0.05, 0.1) is 18.1 Å². The quantitative estimate of drug-likeness (QED) is 0.417. The van der Waals surface area contributed by atoms with E-state index in [9.17, 15) is 32.9 Å². The van der Waals surface area contributed by atoms with Crippen LogP contribution in [-0.4, -0.2) is 52.7 Å². The summed E-state index contributed by atoms with van der Waals surface area (Å²) in [5.74, 6) is -2.02. The summed E-state index contributed by atoms with van der Waals surface area (Å²) < 4.78 is 41.0. The molecule has 0 unspecified atom stereocenters. The van der Waals surface area contributed by atoms with Gasteiger partial charge in [-0.3, -0.25) is 24.6 Å². The number of aliphatic hydroxyl groups excluding tert-OH is 1. The Bertz CT molecular complexity index is 778. The molecule has 0 atom stereocenters. The van der Waals surface area contributed by atoms with Gasteiger partial charge in [0, 0.05) is 17.8 Å². The SMILES string of the molecule is O=C1C=C(Nc2ccc(OCC(F)(F)F)c([N+](=O)[O-])c2)C(=O)N1CCO. The predicted molar refractivity (Wildman–Crippen MR) is 80.2 cm³/mol. The molecule has 2 amide bonds. The number of rotatable bonds is 7. The molecular weight excluding hydrogens is 363 g/mol. The van der Waals surface area contributed by atoms with E-state index < -0.39 is 47.6 Å². The number of benzene rings is 1. The van der Waals surface area contributed by atoms with E-state index in [1.165, 1.54) is 0 Å². The van der Waals surface area contributed by atoms with Crippen LogP contribution in [0.4, 0.5) is 24.5 Å². The number of nitrogens with one attached hydrogen (secondary N) is 1. The van der Waals surface area contributed by atoms with Gasteiger partial charge in [-0.1, -0.05) is 0 Å². The fourth-order valence-corrected chi connectivity index (χ4v) is 2.08. The third-order valence-corrected chi connectivity index (χ3v) is 3.16. The molecule has 0 radical (unpaired) electrons. The molecular formula is C14H12F3N3O6. The molecule has 0 aromatic heterocycles. The summed E-state index contributed by atoms with van der Waals surface area (Å²) in [6, 6.07) is 2.98. The largest absolute Gasteiger partial charge is 0.477 e. The van der Waals surface area contributed by atoms with Crippen molar-refractivity contribution in [1.29, 1.82) is 0 Å². The van der Waals surface area contributed by atoms with Crippen molar-refractivity contribution in [3.05, 3.63) is 40.1 Å². The first-order valence-corrected chi connectivity index (χ1v) is 7.06. The number of hydrogen-bond donors (Lipinski definition) is 2. The summed E-state index contributed by atoms with van der Waals surface area (Å²) >= 11 is 0. The second-order valence-corrected chi connectivity index (χ2v) is 5.05. The Hall–Kier alpha value is -3.15. The van der Waals surface area contributed by atoms with E-state index >= 15 is 0 Å². The van der Waals surface area contributed by atoms with Crippen LogP contribution in [0.5, 0.6) is 5.75 Å². The molecule has 140 valence electrons. The van der Waals surface area contributed by atoms with Gasteiger partial charge < -0.3 is 15.2 Å². The van der Waals surface area contributed by atoms with Crippen LogP contribution in [0, 0.1) is 10.1 Å². The van der Waals surface area contributed by atoms with Crippen LogP contribution in [-0.2, 0) is 9.59 Å². The van der Waals surface area contributed by atoms with Gasteiger partial charge in [0.1, 0.15) is 5.70 Å². The summed E-state index contributed by atoms with van der Waals surface area (Å²) in [4.78, 5) is 34.5. The Kier molecular flexibility index (Phi) is 5.45. The number of β-amino-alcohol motifs (C(OH)–C–C–N with tert-alkyl or cyclic N) is 1. The summed E-state index contributed by atoms with van der Waals surface area (Å²) in [7, 11) is 0. The van der Waals surface area contributed by atoms with Gasteiger partial charge in [0.2, 0.25) is 0 Å². The maximum Gasteiger partial charge on any atom is 0.422 e. The number of nitro benzene ring substituents is 1. The first-order chi connectivity index (χ1) is 12.1. The van der Waals surface area contributed by atoms with E-state index in [-0.39, 0.29) is 17.9 Å². The van der Waals surface area contributed by atoms with Gasteiger partial charge in [-0.15, -0.1) is 0 Å². The van der Waals surface area contributed by atoms with Crippen LogP contribution in [0.1, 0.15) is 0 Å². The smallest absolute Gasteiger partial charge is 0.422 e. The van der Waals surface area contributed by atoms with Crippen LogP contribution in [0.25, 0.3) is 0 Å². The Labute approximate surface area is 143 Å². The number of nitro groups is 1. The zero-order valence-corrected chi connectivity index (χ0v) is 12.9. The van der Waals surface area contributed by atoms with E-state index in [0.29, 0.717) is 0 Å². The highest BCUT2D eigenvalue weighted by Gasteiger charge is 2.32. The third kappa shape index (κ3) is 4.47. The lowest BCUT2D eigenvalue weighted by Gasteiger charge is -2.14. The van der Waals surface area contributed by atoms with E-state index in [0.717, 1.165) is 29.2 Å². The molecule has 2 N–H and O–H groups in total. The number of imide groups is 1. The normalized spacial score (nSPS) is 14.5. The van der Waals surface area contributed by atoms with Crippen LogP contribution in [0.2, 0.25) is 0 Å². The van der Waals surface area contributed by atoms with Gasteiger partial charge in [-0.05, 0) is 12.1 Å². The minimum Gasteiger partial charge on any atom is -0.477 e. The minimum atomic E-state index is -4.66. The standard InChI is InChI=1S/C14H12F3N3O6/c15-14(16,17)7-26-11-2-1-8(5-10(11)20(24)25)18-9-6-12(22)19(3-4-21)13(9)23/h1-2,5-6,18,21H,3-4,7H2. The molecule has 2 rings (SSSR count). The van der Waals surface area contributed by atoms with Crippen molar-refractivity contribution in [2.24, 2.45) is 0 Å². The van der Waals surface area contributed by atoms with Crippen LogP contribution >= 0.6 is 0 Å². The summed E-state index contributed by atoms with van der Waals surface area (Å²) in [6.07, 6.45) is -3.72. The molecule has 1 aromatic carbocycles. The van der Waals surface area contributed by atoms with Gasteiger partial charge >= 0.3 is 11.9 Å². The average Bonchev–Trinajstić information content (AvgIpc) is 2.80. The van der Waals surface area contributed by atoms with Crippen molar-refractivity contribution in [2.45, 2.75) is 6.18 Å². The first kappa shape index (κ1) is 19.2. The van der Waals surface area contributed by atoms with E-state index in [1.807, 2.05) is 0 Å². The lowest BCUT2D eigenvalue weighted by atomic mass is 10.2. The van der Waals surface area contributed by atoms with Crippen LogP contribution in [0.15, 0.2) is 30.0 Å². The van der Waals surface area contributed by atoms with Gasteiger partial charge in [0.15, 0.2) is 12.4 Å². The molecule has 0 fully saturated rings. The highest BCUT2D eigenvalue weighted by molar-refractivity contribution is 6.17. The van der Waals surface area contributed by atoms with Crippen LogP contribution < -0.4 is 10.1 Å². The molecule has 1 aliphatic heterocycles. The lowest BCUT2D eigenvalue weighted by Crippen LogP contribution is -2.34. The summed E-state index contributed by atoms with van der Waals surface area (Å²) in [6.45, 7) is -2.35. The monoisotopic (exact) mass is 375 g/mol. The predicted octanol–water partition coefficient (Wildman–Crippen LogP) is 1.19. The Morgan fingerprint density at radius 1 is 1.31 bits per heavy atom. The number of nitrogens with zero attached hydrogens (tertiary/aromatic N) is 2. The number of hydrogen-bond acceptors (Lipinski definition) is 7. The molecule has 1 aromatic rings. The minimum absolute atomic E-state index is 0.00527. The van der Waals surface area contributed by atoms with Gasteiger partial charge in [-0.2, -0.15) is 13.2 Å². The average molecular weight is 375 g/mol. The Balaban J connectivity index is 2.20. The summed E-state index contributed by atoms with van der Waals surface area (Å²) in [5.41, 5.74) is -0.945. The molecule has 9 nitrogen and oxygen atoms in total. The fourth-order valence-electron chi connectivity index (χ4n) is 2.08. The lowest BCUT2D eigenvalue weighted by molar-refractivity contribution is -0.386. The van der Waals surface area contributed by atoms with E-state index in [1.54, 1.807) is 0 Å². The second kappa shape index (κ2) is 7.39. The Morgan fingerprint density at radius 2 is 2.00 bits per heavy atom. The second-order valence-electron chi connectivity index (χ2n) is 5.05. The Morgan fingerprint density at radius 3 is 2.58 bits per heavy atom. The van der Waals surface area contributed by atoms with Crippen molar-refractivity contribution >= 4 is 23.2 Å². The topological polar surface area (TPSA) is 122 Å². The van der Waals surface area contributed by atoms with E-state index in [2.05, 4.69) is 10.1 Å². The van der Waals surface area contributed by atoms with Crippen molar-refractivity contribution in [2.75, 3.05) is 25.1 Å². The van der Waals surface area contributed by atoms with Crippen molar-refractivity contribution in [3.63, 3.8) is 0 Å². The first-order valence-electron chi connectivity index (χ1n) is 7.06. The third-order valence-electron chi connectivity index (χ3n) is 3.16. The fraction of sp³-hybridized carbons (Fsp3) is 0.286. The molecule has 26 heavy (non-hydrogen) atoms. The molecule has 0 aliphatic carbocycles. The zero-order valence-electron chi connectivity index (χ0n) is 12.9. The maximum atomic E-state index is 12.2. The number of aliphatic hydroxyl groups is 1. The molecule has 12 heteroatoms. The van der Waals surface area contributed by atoms with Crippen molar-refractivity contribution in [3.8, 4) is 5.75 Å². The molecule has 0 saturated heterocycles. The number of alkyl halides is 3. The number of amides is 2. The highest BCUT2D eigenvalue weighted by Crippen LogP contribution is 2.32. The molecule has 0 spiro atoms. The number of ether oxygens (including phenoxy) is 1. The molecule has 0 bridgehead atoms. The maximum absolute atomic E-state index is 12.2. The number of anilines is 1. The summed E-state index contributed by atoms with van der Waals surface area (Å²) in [5, 5.41) is 22.3. The zero-order chi connectivity index (χ0) is 19.5. The van der Waals surface area contributed by atoms with E-state index in [4.69, 9.17) is 5.11 Å². The molecule has 1 heterocycles. The van der Waals surface area contributed by atoms with Crippen LogP contribution in [0.3, 0.4) is 0 Å². The number of carbonyl (C=O) groups is 2. The van der Waals surface area contributed by atoms with Crippen molar-refractivity contribution < 1.29 is 37.5 Å². The highest BCUT2D eigenvalue weighted by atomic mass is 19.4. The van der Waals surface area contributed by atoms with Gasteiger partial charge in [-0.25, -0.2) is 0 Å². The number of halogens is 3. The number of carbonyl (C=O) groups excluding carboxylic acids is 2. The molecule has 0 saturated carbocycles. The van der Waals surface area contributed by atoms with Gasteiger partial charge in [0.25, 0.3) is 11.8 Å². The molecule has 1 aliphatic rings.